The summed E-state index contributed by atoms with van der Waals surface area (Å²) in [5, 5.41) is 9.87. The Morgan fingerprint density at radius 2 is 1.85 bits per heavy atom. The Kier molecular flexibility index (Phi) is 9.35. The number of phenols is 1. The highest BCUT2D eigenvalue weighted by molar-refractivity contribution is 5.82. The number of ether oxygens (including phenoxy) is 1. The molecule has 0 fully saturated rings. The van der Waals surface area contributed by atoms with Gasteiger partial charge in [0.1, 0.15) is 5.78 Å². The Morgan fingerprint density at radius 1 is 1.06 bits per heavy atom. The molecule has 3 nitrogen and oxygen atoms in total. The maximum atomic E-state index is 13.4. The van der Waals surface area contributed by atoms with Crippen LogP contribution in [0.3, 0.4) is 0 Å². The normalized spacial score (nSPS) is 17.8. The highest BCUT2D eigenvalue weighted by Gasteiger charge is 2.30. The summed E-state index contributed by atoms with van der Waals surface area (Å²) in [4.78, 5) is 13.4. The molecule has 0 spiro atoms. The van der Waals surface area contributed by atoms with Gasteiger partial charge in [0.2, 0.25) is 0 Å². The Labute approximate surface area is 199 Å². The van der Waals surface area contributed by atoms with Crippen molar-refractivity contribution in [2.75, 3.05) is 7.11 Å². The first-order valence-electron chi connectivity index (χ1n) is 12.2. The molecule has 0 unspecified atom stereocenters. The summed E-state index contributed by atoms with van der Waals surface area (Å²) in [5.74, 6) is 1.53. The predicted molar refractivity (Wildman–Crippen MR) is 136 cm³/mol. The molecule has 3 rings (SSSR count). The number of methoxy groups -OCH3 is 1. The van der Waals surface area contributed by atoms with Gasteiger partial charge in [-0.05, 0) is 88.0 Å². The molecular weight excluding hydrogens is 408 g/mol. The molecule has 0 bridgehead atoms. The van der Waals surface area contributed by atoms with Crippen LogP contribution in [0.2, 0.25) is 0 Å². The average molecular weight is 447 g/mol. The van der Waals surface area contributed by atoms with Gasteiger partial charge >= 0.3 is 0 Å². The van der Waals surface area contributed by atoms with Gasteiger partial charge in [-0.2, -0.15) is 0 Å². The minimum Gasteiger partial charge on any atom is -0.504 e. The maximum Gasteiger partial charge on any atom is 0.160 e. The molecular formula is C30H38O3. The fourth-order valence-corrected chi connectivity index (χ4v) is 4.79. The lowest BCUT2D eigenvalue weighted by molar-refractivity contribution is -0.124. The fourth-order valence-electron chi connectivity index (χ4n) is 4.79. The predicted octanol–water partition coefficient (Wildman–Crippen LogP) is 7.23. The monoisotopic (exact) mass is 446 g/mol. The van der Waals surface area contributed by atoms with E-state index in [1.54, 1.807) is 13.2 Å². The molecule has 2 atom stereocenters. The minimum atomic E-state index is 0.0967. The fraction of sp³-hybridized carbons (Fsp3) is 0.433. The Bertz CT molecular complexity index is 967. The van der Waals surface area contributed by atoms with Crippen molar-refractivity contribution < 1.29 is 14.6 Å². The van der Waals surface area contributed by atoms with Crippen LogP contribution in [0.1, 0.15) is 63.5 Å². The number of benzene rings is 2. The third-order valence-corrected chi connectivity index (χ3v) is 6.74. The molecule has 0 amide bonds. The van der Waals surface area contributed by atoms with Crippen LogP contribution in [0.4, 0.5) is 0 Å². The average Bonchev–Trinajstić information content (AvgIpc) is 2.82. The maximum absolute atomic E-state index is 13.4. The third kappa shape index (κ3) is 7.63. The number of phenolic OH excluding ortho intramolecular Hbond substituents is 1. The van der Waals surface area contributed by atoms with Crippen LogP contribution in [0.5, 0.6) is 11.5 Å². The SMILES string of the molecule is COc1cc(CC[C@@H]2CC=C(CCC=C(C)C)C[C@H]2C(=O)CCc2ccccc2)ccc1O. The lowest BCUT2D eigenvalue weighted by Crippen LogP contribution is -2.28. The van der Waals surface area contributed by atoms with Crippen molar-refractivity contribution in [2.45, 2.75) is 65.2 Å². The van der Waals surface area contributed by atoms with Crippen LogP contribution in [-0.4, -0.2) is 18.0 Å². The molecule has 2 aromatic rings. The summed E-state index contributed by atoms with van der Waals surface area (Å²) in [7, 11) is 1.57. The number of rotatable bonds is 11. The van der Waals surface area contributed by atoms with E-state index in [-0.39, 0.29) is 11.7 Å². The molecule has 2 aromatic carbocycles. The number of aromatic hydroxyl groups is 1. The molecule has 0 radical (unpaired) electrons. The van der Waals surface area contributed by atoms with E-state index in [9.17, 15) is 9.90 Å². The second kappa shape index (κ2) is 12.4. The molecule has 0 aliphatic heterocycles. The molecule has 0 heterocycles. The van der Waals surface area contributed by atoms with Crippen LogP contribution >= 0.6 is 0 Å². The number of aryl methyl sites for hydroxylation is 2. The summed E-state index contributed by atoms with van der Waals surface area (Å²) in [6, 6.07) is 15.9. The zero-order valence-corrected chi connectivity index (χ0v) is 20.3. The van der Waals surface area contributed by atoms with E-state index < -0.39 is 0 Å². The van der Waals surface area contributed by atoms with E-state index in [0.29, 0.717) is 23.9 Å². The third-order valence-electron chi connectivity index (χ3n) is 6.74. The highest BCUT2D eigenvalue weighted by atomic mass is 16.5. The van der Waals surface area contributed by atoms with Crippen molar-refractivity contribution in [1.29, 1.82) is 0 Å². The number of carbonyl (C=O) groups is 1. The Morgan fingerprint density at radius 3 is 2.58 bits per heavy atom. The number of hydrogen-bond acceptors (Lipinski definition) is 3. The molecule has 0 aromatic heterocycles. The standard InChI is InChI=1S/C30H38O3/c1-22(2)8-7-11-24-12-16-26(17-13-25-15-19-29(32)30(21-25)33-3)27(20-24)28(31)18-14-23-9-5-4-6-10-23/h4-6,8-10,12,15,19,21,26-27,32H,7,11,13-14,16-18,20H2,1-3H3/t26-,27+/m0/s1. The van der Waals surface area contributed by atoms with E-state index in [2.05, 4.69) is 38.1 Å². The summed E-state index contributed by atoms with van der Waals surface area (Å²) in [6.45, 7) is 4.28. The van der Waals surface area contributed by atoms with Gasteiger partial charge in [-0.1, -0.05) is 59.7 Å². The van der Waals surface area contributed by atoms with Crippen molar-refractivity contribution >= 4 is 5.78 Å². The second-order valence-electron chi connectivity index (χ2n) is 9.49. The van der Waals surface area contributed by atoms with Crippen LogP contribution in [-0.2, 0) is 17.6 Å². The van der Waals surface area contributed by atoms with E-state index in [4.69, 9.17) is 4.74 Å². The van der Waals surface area contributed by atoms with Crippen molar-refractivity contribution in [2.24, 2.45) is 11.8 Å². The van der Waals surface area contributed by atoms with Gasteiger partial charge in [0.25, 0.3) is 0 Å². The van der Waals surface area contributed by atoms with Crippen LogP contribution in [0, 0.1) is 11.8 Å². The smallest absolute Gasteiger partial charge is 0.160 e. The van der Waals surface area contributed by atoms with Gasteiger partial charge in [0.15, 0.2) is 11.5 Å². The summed E-state index contributed by atoms with van der Waals surface area (Å²) < 4.78 is 5.26. The topological polar surface area (TPSA) is 46.5 Å². The lowest BCUT2D eigenvalue weighted by atomic mass is 9.73. The molecule has 33 heavy (non-hydrogen) atoms. The summed E-state index contributed by atoms with van der Waals surface area (Å²) in [5.41, 5.74) is 5.16. The van der Waals surface area contributed by atoms with Crippen molar-refractivity contribution in [3.8, 4) is 11.5 Å². The Hall–Kier alpha value is -2.81. The second-order valence-corrected chi connectivity index (χ2v) is 9.49. The molecule has 0 saturated heterocycles. The van der Waals surface area contributed by atoms with Gasteiger partial charge in [0.05, 0.1) is 7.11 Å². The first-order valence-corrected chi connectivity index (χ1v) is 12.2. The number of Topliss-reactive ketones (excluding diaryl/α,β-unsaturated/α-hetero) is 1. The van der Waals surface area contributed by atoms with Gasteiger partial charge in [-0.3, -0.25) is 4.79 Å². The van der Waals surface area contributed by atoms with E-state index in [1.165, 1.54) is 16.7 Å². The van der Waals surface area contributed by atoms with Gasteiger partial charge < -0.3 is 9.84 Å². The van der Waals surface area contributed by atoms with E-state index in [1.807, 2.05) is 30.3 Å². The molecule has 3 heteroatoms. The van der Waals surface area contributed by atoms with E-state index in [0.717, 1.165) is 50.5 Å². The zero-order valence-electron chi connectivity index (χ0n) is 20.3. The van der Waals surface area contributed by atoms with E-state index >= 15 is 0 Å². The summed E-state index contributed by atoms with van der Waals surface area (Å²) >= 11 is 0. The van der Waals surface area contributed by atoms with Crippen molar-refractivity contribution in [3.05, 3.63) is 83.0 Å². The molecule has 1 aliphatic rings. The Balaban J connectivity index is 1.67. The molecule has 0 saturated carbocycles. The zero-order chi connectivity index (χ0) is 23.6. The minimum absolute atomic E-state index is 0.0967. The molecule has 1 aliphatic carbocycles. The quantitative estimate of drug-likeness (QED) is 0.370. The van der Waals surface area contributed by atoms with Crippen molar-refractivity contribution in [1.82, 2.24) is 0 Å². The van der Waals surface area contributed by atoms with Crippen LogP contribution < -0.4 is 4.74 Å². The first kappa shape index (κ1) is 24.8. The highest BCUT2D eigenvalue weighted by Crippen LogP contribution is 2.37. The van der Waals surface area contributed by atoms with Crippen LogP contribution in [0.25, 0.3) is 0 Å². The molecule has 176 valence electrons. The number of ketones is 1. The summed E-state index contributed by atoms with van der Waals surface area (Å²) in [6.07, 6.45) is 11.9. The van der Waals surface area contributed by atoms with Gasteiger partial charge in [-0.15, -0.1) is 0 Å². The largest absolute Gasteiger partial charge is 0.504 e. The number of allylic oxidation sites excluding steroid dienone is 4. The lowest BCUT2D eigenvalue weighted by Gasteiger charge is -2.31. The number of carbonyl (C=O) groups excluding carboxylic acids is 1. The van der Waals surface area contributed by atoms with Gasteiger partial charge in [-0.25, -0.2) is 0 Å². The van der Waals surface area contributed by atoms with Crippen LogP contribution in [0.15, 0.2) is 71.8 Å². The number of hydrogen-bond donors (Lipinski definition) is 1. The van der Waals surface area contributed by atoms with Crippen molar-refractivity contribution in [3.63, 3.8) is 0 Å². The van der Waals surface area contributed by atoms with Gasteiger partial charge in [0, 0.05) is 12.3 Å². The first-order chi connectivity index (χ1) is 16.0. The molecule has 1 N–H and O–H groups in total.